The molecule has 0 bridgehead atoms. The lowest BCUT2D eigenvalue weighted by molar-refractivity contribution is 0.107. The molecular weight excluding hydrogens is 606 g/mol. The Kier molecular flexibility index (Phi) is 6.87. The van der Waals surface area contributed by atoms with Gasteiger partial charge in [-0.3, -0.25) is 4.90 Å². The van der Waals surface area contributed by atoms with Gasteiger partial charge in [-0.05, 0) is 68.4 Å². The van der Waals surface area contributed by atoms with Gasteiger partial charge >= 0.3 is 11.6 Å². The molecule has 2 saturated heterocycles. The van der Waals surface area contributed by atoms with Gasteiger partial charge < -0.3 is 24.6 Å². The van der Waals surface area contributed by atoms with Gasteiger partial charge in [-0.25, -0.2) is 18.6 Å². The Bertz CT molecular complexity index is 2270. The van der Waals surface area contributed by atoms with Gasteiger partial charge in [-0.1, -0.05) is 24.3 Å². The van der Waals surface area contributed by atoms with Crippen molar-refractivity contribution in [3.8, 4) is 23.1 Å². The van der Waals surface area contributed by atoms with Crippen LogP contribution in [0.25, 0.3) is 44.0 Å². The van der Waals surface area contributed by atoms with Crippen LogP contribution in [-0.2, 0) is 6.54 Å². The number of anilines is 1. The van der Waals surface area contributed by atoms with Crippen LogP contribution in [0.1, 0.15) is 36.2 Å². The molecule has 12 heteroatoms. The normalized spacial score (nSPS) is 19.6. The summed E-state index contributed by atoms with van der Waals surface area (Å²) in [5.41, 5.74) is 2.44. The summed E-state index contributed by atoms with van der Waals surface area (Å²) in [6, 6.07) is 13.2. The molecule has 10 nitrogen and oxygen atoms in total. The summed E-state index contributed by atoms with van der Waals surface area (Å²) in [5, 5.41) is 14.5. The highest BCUT2D eigenvalue weighted by Crippen LogP contribution is 2.41. The first-order valence-corrected chi connectivity index (χ1v) is 15.7. The van der Waals surface area contributed by atoms with E-state index >= 15 is 4.39 Å². The van der Waals surface area contributed by atoms with Crippen LogP contribution in [0.2, 0.25) is 0 Å². The van der Waals surface area contributed by atoms with Crippen molar-refractivity contribution in [2.75, 3.05) is 25.0 Å². The number of ether oxygens (including phenoxy) is 1. The Balaban J connectivity index is 1.25. The average molecular weight is 639 g/mol. The van der Waals surface area contributed by atoms with Gasteiger partial charge in [-0.15, -0.1) is 0 Å². The maximum absolute atomic E-state index is 15.2. The number of hydrogen-bond donors (Lipinski definition) is 3. The Labute approximate surface area is 267 Å². The van der Waals surface area contributed by atoms with E-state index < -0.39 is 23.2 Å². The van der Waals surface area contributed by atoms with Crippen LogP contribution < -0.4 is 15.7 Å². The number of halogens is 2. The summed E-state index contributed by atoms with van der Waals surface area (Å²) in [7, 11) is 0. The van der Waals surface area contributed by atoms with Crippen LogP contribution in [-0.4, -0.2) is 61.3 Å². The number of benzene rings is 3. The number of phenolic OH excluding ortho intramolecular Hbond substituents is 1. The number of alkyl halides is 1. The second kappa shape index (κ2) is 11.0. The van der Waals surface area contributed by atoms with Gasteiger partial charge in [0.2, 0.25) is 0 Å². The molecule has 2 atom stereocenters. The minimum atomic E-state index is -0.923. The van der Waals surface area contributed by atoms with Crippen molar-refractivity contribution >= 4 is 38.5 Å². The number of nitrogens with zero attached hydrogens (tertiary/aromatic N) is 4. The summed E-state index contributed by atoms with van der Waals surface area (Å²) >= 11 is 0. The van der Waals surface area contributed by atoms with E-state index in [-0.39, 0.29) is 58.3 Å². The minimum Gasteiger partial charge on any atom is -0.508 e. The number of aromatic nitrogens is 4. The van der Waals surface area contributed by atoms with Crippen molar-refractivity contribution in [3.05, 3.63) is 81.7 Å². The van der Waals surface area contributed by atoms with Crippen LogP contribution in [0, 0.1) is 19.7 Å². The Morgan fingerprint density at radius 3 is 2.83 bits per heavy atom. The van der Waals surface area contributed by atoms with E-state index in [1.807, 2.05) is 25.1 Å². The fourth-order valence-electron chi connectivity index (χ4n) is 7.35. The number of aryl methyl sites for hydroxylation is 2. The summed E-state index contributed by atoms with van der Waals surface area (Å²) in [6.07, 6.45) is 1.21. The zero-order chi connectivity index (χ0) is 32.4. The molecule has 47 heavy (non-hydrogen) atoms. The van der Waals surface area contributed by atoms with Crippen LogP contribution >= 0.6 is 0 Å². The highest BCUT2D eigenvalue weighted by Gasteiger charge is 2.49. The van der Waals surface area contributed by atoms with E-state index in [0.717, 1.165) is 36.0 Å². The van der Waals surface area contributed by atoms with Gasteiger partial charge in [0.15, 0.2) is 0 Å². The molecule has 3 aromatic carbocycles. The lowest BCUT2D eigenvalue weighted by Gasteiger charge is -2.30. The third-order valence-electron chi connectivity index (χ3n) is 9.56. The van der Waals surface area contributed by atoms with Gasteiger partial charge in [0.1, 0.15) is 47.1 Å². The zero-order valence-electron chi connectivity index (χ0n) is 25.9. The van der Waals surface area contributed by atoms with E-state index in [0.29, 0.717) is 29.7 Å². The number of phenols is 1. The second-order valence-corrected chi connectivity index (χ2v) is 12.6. The van der Waals surface area contributed by atoms with Crippen molar-refractivity contribution < 1.29 is 23.0 Å². The lowest BCUT2D eigenvalue weighted by Crippen LogP contribution is -2.43. The van der Waals surface area contributed by atoms with Crippen molar-refractivity contribution in [2.24, 2.45) is 0 Å². The fraction of sp³-hybridized carbons (Fsp3) is 0.314. The maximum atomic E-state index is 15.2. The van der Waals surface area contributed by atoms with Crippen LogP contribution in [0.4, 0.5) is 14.6 Å². The van der Waals surface area contributed by atoms with Gasteiger partial charge in [0.25, 0.3) is 0 Å². The highest BCUT2D eigenvalue weighted by molar-refractivity contribution is 6.00. The number of hydrogen-bond acceptors (Lipinski definition) is 9. The second-order valence-electron chi connectivity index (χ2n) is 12.6. The third-order valence-corrected chi connectivity index (χ3v) is 9.56. The topological polar surface area (TPSA) is 129 Å². The molecule has 2 fully saturated rings. The lowest BCUT2D eigenvalue weighted by atomic mass is 9.95. The monoisotopic (exact) mass is 638 g/mol. The number of aromatic hydroxyl groups is 1. The van der Waals surface area contributed by atoms with E-state index in [4.69, 9.17) is 14.1 Å². The van der Waals surface area contributed by atoms with Crippen molar-refractivity contribution in [2.45, 2.75) is 51.4 Å². The predicted octanol–water partition coefficient (Wildman–Crippen LogP) is 6.31. The number of H-pyrrole nitrogens is 1. The Morgan fingerprint density at radius 1 is 1.13 bits per heavy atom. The Morgan fingerprint density at radius 2 is 1.98 bits per heavy atom. The molecule has 0 saturated carbocycles. The zero-order valence-corrected chi connectivity index (χ0v) is 25.9. The van der Waals surface area contributed by atoms with Gasteiger partial charge in [0, 0.05) is 29.5 Å². The molecule has 8 rings (SSSR count). The molecule has 2 aliphatic heterocycles. The van der Waals surface area contributed by atoms with Gasteiger partial charge in [0.05, 0.1) is 28.6 Å². The number of imidazole rings is 1. The summed E-state index contributed by atoms with van der Waals surface area (Å²) in [5.74, 6) is 0.223. The third kappa shape index (κ3) is 4.94. The van der Waals surface area contributed by atoms with E-state index in [1.54, 1.807) is 19.1 Å². The number of fused-ring (bicyclic) bond motifs is 4. The number of para-hydroxylation sites is 1. The smallest absolute Gasteiger partial charge is 0.349 e. The van der Waals surface area contributed by atoms with Crippen LogP contribution in [0.15, 0.2) is 57.7 Å². The fourth-order valence-corrected chi connectivity index (χ4v) is 7.35. The van der Waals surface area contributed by atoms with Crippen molar-refractivity contribution in [3.63, 3.8) is 0 Å². The molecule has 2 aliphatic rings. The molecule has 240 valence electrons. The summed E-state index contributed by atoms with van der Waals surface area (Å²) in [4.78, 5) is 33.2. The summed E-state index contributed by atoms with van der Waals surface area (Å²) in [6.45, 7) is 5.27. The molecule has 5 heterocycles. The van der Waals surface area contributed by atoms with Crippen molar-refractivity contribution in [1.82, 2.24) is 24.8 Å². The Hall–Kier alpha value is -5.10. The van der Waals surface area contributed by atoms with Crippen LogP contribution in [0.3, 0.4) is 0 Å². The predicted molar refractivity (Wildman–Crippen MR) is 174 cm³/mol. The number of aromatic amines is 1. The number of rotatable bonds is 7. The first kappa shape index (κ1) is 29.3. The summed E-state index contributed by atoms with van der Waals surface area (Å²) < 4.78 is 41.8. The molecule has 3 aromatic heterocycles. The largest absolute Gasteiger partial charge is 0.508 e. The average Bonchev–Trinajstić information content (AvgIpc) is 3.72. The molecule has 6 aromatic rings. The molecule has 3 N–H and O–H groups in total. The quantitative estimate of drug-likeness (QED) is 0.184. The van der Waals surface area contributed by atoms with E-state index in [9.17, 15) is 14.3 Å². The first-order valence-electron chi connectivity index (χ1n) is 15.7. The maximum Gasteiger partial charge on any atom is 0.349 e. The number of nitrogens with one attached hydrogen (secondary N) is 2. The van der Waals surface area contributed by atoms with E-state index in [2.05, 4.69) is 25.2 Å². The van der Waals surface area contributed by atoms with Crippen LogP contribution in [0.5, 0.6) is 11.8 Å². The molecule has 0 radical (unpaired) electrons. The molecule has 0 amide bonds. The standard InChI is InChI=1S/C35H32F2N6O4/c1-18-6-3-9-25-29(18)40-26(39-25)15-38-32-28-30(41-34(42-32)46-17-35-10-5-11-43(35)16-21(36)14-35)19(2)31(47-33(28)45)23-13-22(44)12-20-7-4-8-24(37)27(20)23/h3-4,6-9,12-13,21,44H,5,10-11,14-17H2,1-2H3,(H,39,40)(H,38,41,42)/t21-,35+/m1/s1. The highest BCUT2D eigenvalue weighted by atomic mass is 19.1. The molecule has 0 aliphatic carbocycles. The van der Waals surface area contributed by atoms with Gasteiger partial charge in [-0.2, -0.15) is 9.97 Å². The van der Waals surface area contributed by atoms with E-state index in [1.165, 1.54) is 18.2 Å². The first-order chi connectivity index (χ1) is 22.7. The molecular formula is C35H32F2N6O4. The van der Waals surface area contributed by atoms with Crippen molar-refractivity contribution in [1.29, 1.82) is 0 Å². The SMILES string of the molecule is Cc1cccc2[nH]c(CNc3nc(OC[C@@]45CCCN4C[C@H](F)C5)nc4c(C)c(-c5cc(O)cc6cccc(F)c56)oc(=O)c34)nc12. The minimum absolute atomic E-state index is 0.00980. The molecule has 0 unspecified atom stereocenters. The molecule has 0 spiro atoms.